The molecule has 39 heavy (non-hydrogen) atoms. The predicted molar refractivity (Wildman–Crippen MR) is 156 cm³/mol. The van der Waals surface area contributed by atoms with Gasteiger partial charge in [-0.15, -0.1) is 0 Å². The SMILES string of the molecule is CC1(C)[C@H](CC(=O)NC(c2ccccc2)c2ccccc2)C[C@H]1C(=O)NC(c1ccccc1)c1ccccc1. The van der Waals surface area contributed by atoms with Gasteiger partial charge in [-0.2, -0.15) is 0 Å². The lowest BCUT2D eigenvalue weighted by atomic mass is 9.53. The Bertz CT molecular complexity index is 1290. The highest BCUT2D eigenvalue weighted by molar-refractivity contribution is 5.83. The molecule has 4 aromatic rings. The highest BCUT2D eigenvalue weighted by atomic mass is 16.2. The first-order chi connectivity index (χ1) is 18.9. The second kappa shape index (κ2) is 11.7. The molecule has 5 rings (SSSR count). The van der Waals surface area contributed by atoms with Crippen molar-refractivity contribution < 1.29 is 9.59 Å². The predicted octanol–water partition coefficient (Wildman–Crippen LogP) is 6.85. The Hall–Kier alpha value is -4.18. The van der Waals surface area contributed by atoms with Crippen LogP contribution >= 0.6 is 0 Å². The highest BCUT2D eigenvalue weighted by Gasteiger charge is 2.52. The maximum absolute atomic E-state index is 13.6. The van der Waals surface area contributed by atoms with Crippen molar-refractivity contribution in [3.05, 3.63) is 144 Å². The molecule has 0 aliphatic heterocycles. The maximum Gasteiger partial charge on any atom is 0.224 e. The van der Waals surface area contributed by atoms with Crippen LogP contribution in [0.5, 0.6) is 0 Å². The Morgan fingerprint density at radius 3 is 1.36 bits per heavy atom. The molecule has 2 N–H and O–H groups in total. The van der Waals surface area contributed by atoms with E-state index in [0.717, 1.165) is 22.3 Å². The third-order valence-electron chi connectivity index (χ3n) is 8.34. The summed E-state index contributed by atoms with van der Waals surface area (Å²) in [5, 5.41) is 6.58. The molecule has 1 aliphatic rings. The monoisotopic (exact) mass is 516 g/mol. The van der Waals surface area contributed by atoms with Gasteiger partial charge in [-0.05, 0) is 40.0 Å². The number of hydrogen-bond donors (Lipinski definition) is 2. The zero-order chi connectivity index (χ0) is 27.2. The lowest BCUT2D eigenvalue weighted by molar-refractivity contribution is -0.145. The van der Waals surface area contributed by atoms with Gasteiger partial charge in [0.1, 0.15) is 0 Å². The summed E-state index contributed by atoms with van der Waals surface area (Å²) in [7, 11) is 0. The van der Waals surface area contributed by atoms with Crippen LogP contribution in [0.25, 0.3) is 0 Å². The van der Waals surface area contributed by atoms with Crippen molar-refractivity contribution in [3.63, 3.8) is 0 Å². The topological polar surface area (TPSA) is 58.2 Å². The summed E-state index contributed by atoms with van der Waals surface area (Å²) in [5.41, 5.74) is 3.93. The van der Waals surface area contributed by atoms with Crippen LogP contribution in [0.15, 0.2) is 121 Å². The maximum atomic E-state index is 13.6. The Labute approximate surface area is 231 Å². The molecule has 0 saturated heterocycles. The van der Waals surface area contributed by atoms with Crippen molar-refractivity contribution in [2.24, 2.45) is 17.3 Å². The summed E-state index contributed by atoms with van der Waals surface area (Å²) >= 11 is 0. The van der Waals surface area contributed by atoms with E-state index in [-0.39, 0.29) is 41.1 Å². The highest BCUT2D eigenvalue weighted by Crippen LogP contribution is 2.53. The molecule has 0 heterocycles. The van der Waals surface area contributed by atoms with Crippen molar-refractivity contribution in [1.29, 1.82) is 0 Å². The summed E-state index contributed by atoms with van der Waals surface area (Å²) < 4.78 is 0. The van der Waals surface area contributed by atoms with Gasteiger partial charge in [0.15, 0.2) is 0 Å². The molecule has 0 spiro atoms. The minimum atomic E-state index is -0.283. The quantitative estimate of drug-likeness (QED) is 0.256. The molecule has 1 fully saturated rings. The number of rotatable bonds is 9. The van der Waals surface area contributed by atoms with E-state index in [1.165, 1.54) is 0 Å². The molecule has 198 valence electrons. The van der Waals surface area contributed by atoms with E-state index >= 15 is 0 Å². The van der Waals surface area contributed by atoms with E-state index in [2.05, 4.69) is 24.5 Å². The van der Waals surface area contributed by atoms with Crippen molar-refractivity contribution in [2.75, 3.05) is 0 Å². The van der Waals surface area contributed by atoms with Gasteiger partial charge in [-0.25, -0.2) is 0 Å². The normalized spacial score (nSPS) is 17.8. The van der Waals surface area contributed by atoms with Crippen molar-refractivity contribution in [1.82, 2.24) is 10.6 Å². The van der Waals surface area contributed by atoms with Crippen LogP contribution < -0.4 is 10.6 Å². The minimum Gasteiger partial charge on any atom is -0.345 e. The molecule has 4 nitrogen and oxygen atoms in total. The number of nitrogens with one attached hydrogen (secondary N) is 2. The number of hydrogen-bond acceptors (Lipinski definition) is 2. The van der Waals surface area contributed by atoms with E-state index in [9.17, 15) is 9.59 Å². The van der Waals surface area contributed by atoms with Crippen LogP contribution in [0.3, 0.4) is 0 Å². The van der Waals surface area contributed by atoms with Crippen LogP contribution in [0.1, 0.15) is 61.0 Å². The van der Waals surface area contributed by atoms with E-state index in [0.29, 0.717) is 12.8 Å². The standard InChI is InChI=1S/C35H36N2O2/c1-35(2)29(24-31(38)36-32(25-15-7-3-8-16-25)26-17-9-4-10-18-26)23-30(35)34(39)37-33(27-19-11-5-12-20-27)28-21-13-6-14-22-28/h3-22,29-30,32-33H,23-24H2,1-2H3,(H,36,38)(H,37,39)/t29-,30-/m0/s1. The van der Waals surface area contributed by atoms with Gasteiger partial charge in [0, 0.05) is 12.3 Å². The van der Waals surface area contributed by atoms with Crippen LogP contribution in [-0.4, -0.2) is 11.8 Å². The number of carbonyl (C=O) groups excluding carboxylic acids is 2. The Kier molecular flexibility index (Phi) is 7.92. The van der Waals surface area contributed by atoms with E-state index < -0.39 is 0 Å². The molecular formula is C35H36N2O2. The second-order valence-electron chi connectivity index (χ2n) is 11.1. The first-order valence-electron chi connectivity index (χ1n) is 13.7. The van der Waals surface area contributed by atoms with Gasteiger partial charge in [0.2, 0.25) is 11.8 Å². The van der Waals surface area contributed by atoms with E-state index in [1.54, 1.807) is 0 Å². The van der Waals surface area contributed by atoms with Crippen LogP contribution in [-0.2, 0) is 9.59 Å². The van der Waals surface area contributed by atoms with Gasteiger partial charge in [0.05, 0.1) is 12.1 Å². The lowest BCUT2D eigenvalue weighted by Crippen LogP contribution is -2.54. The summed E-state index contributed by atoms with van der Waals surface area (Å²) in [6.45, 7) is 4.23. The molecule has 1 saturated carbocycles. The van der Waals surface area contributed by atoms with Crippen molar-refractivity contribution in [3.8, 4) is 0 Å². The fourth-order valence-electron chi connectivity index (χ4n) is 5.79. The Balaban J connectivity index is 1.25. The summed E-state index contributed by atoms with van der Waals surface area (Å²) in [6, 6.07) is 39.8. The van der Waals surface area contributed by atoms with Crippen molar-refractivity contribution >= 4 is 11.8 Å². The molecule has 0 aromatic heterocycles. The fourth-order valence-corrected chi connectivity index (χ4v) is 5.79. The molecule has 0 bridgehead atoms. The van der Waals surface area contributed by atoms with Crippen LogP contribution in [0.2, 0.25) is 0 Å². The average Bonchev–Trinajstić information content (AvgIpc) is 2.98. The fraction of sp³-hybridized carbons (Fsp3) is 0.257. The molecule has 0 unspecified atom stereocenters. The summed E-state index contributed by atoms with van der Waals surface area (Å²) in [4.78, 5) is 26.9. The molecule has 2 atom stereocenters. The van der Waals surface area contributed by atoms with Gasteiger partial charge < -0.3 is 10.6 Å². The lowest BCUT2D eigenvalue weighted by Gasteiger charge is -2.51. The zero-order valence-corrected chi connectivity index (χ0v) is 22.6. The zero-order valence-electron chi connectivity index (χ0n) is 22.6. The molecule has 0 radical (unpaired) electrons. The molecular weight excluding hydrogens is 480 g/mol. The van der Waals surface area contributed by atoms with Gasteiger partial charge >= 0.3 is 0 Å². The average molecular weight is 517 g/mol. The van der Waals surface area contributed by atoms with Gasteiger partial charge in [-0.3, -0.25) is 9.59 Å². The Morgan fingerprint density at radius 2 is 1.00 bits per heavy atom. The van der Waals surface area contributed by atoms with E-state index in [1.807, 2.05) is 121 Å². The largest absolute Gasteiger partial charge is 0.345 e. The smallest absolute Gasteiger partial charge is 0.224 e. The second-order valence-corrected chi connectivity index (χ2v) is 11.1. The van der Waals surface area contributed by atoms with Gasteiger partial charge in [-0.1, -0.05) is 135 Å². The number of amides is 2. The van der Waals surface area contributed by atoms with Crippen LogP contribution in [0.4, 0.5) is 0 Å². The summed E-state index contributed by atoms with van der Waals surface area (Å²) in [5.74, 6) is 0.0357. The number of benzene rings is 4. The Morgan fingerprint density at radius 1 is 0.641 bits per heavy atom. The first kappa shape index (κ1) is 26.4. The third-order valence-corrected chi connectivity index (χ3v) is 8.34. The third kappa shape index (κ3) is 5.96. The van der Waals surface area contributed by atoms with Gasteiger partial charge in [0.25, 0.3) is 0 Å². The molecule has 2 amide bonds. The van der Waals surface area contributed by atoms with E-state index in [4.69, 9.17) is 0 Å². The van der Waals surface area contributed by atoms with Crippen LogP contribution in [0, 0.1) is 17.3 Å². The van der Waals surface area contributed by atoms with Crippen molar-refractivity contribution in [2.45, 2.75) is 38.8 Å². The number of carbonyl (C=O) groups is 2. The molecule has 1 aliphatic carbocycles. The molecule has 4 heteroatoms. The molecule has 4 aromatic carbocycles. The summed E-state index contributed by atoms with van der Waals surface area (Å²) in [6.07, 6.45) is 1.09. The minimum absolute atomic E-state index is 0.0103. The first-order valence-corrected chi connectivity index (χ1v) is 13.7.